The summed E-state index contributed by atoms with van der Waals surface area (Å²) < 4.78 is 10.9. The van der Waals surface area contributed by atoms with E-state index in [1.165, 1.54) is 21.0 Å². The number of methoxy groups -OCH3 is 1. The number of hydrogen-bond donors (Lipinski definition) is 2. The minimum Gasteiger partial charge on any atom is -0.465 e. The Morgan fingerprint density at radius 2 is 2.00 bits per heavy atom. The number of nitrogens with one attached hydrogen (secondary N) is 1. The van der Waals surface area contributed by atoms with Crippen molar-refractivity contribution in [1.82, 2.24) is 0 Å². The summed E-state index contributed by atoms with van der Waals surface area (Å²) in [4.78, 5) is 38.0. The molecule has 0 saturated carbocycles. The Kier molecular flexibility index (Phi) is 3.95. The first-order valence-electron chi connectivity index (χ1n) is 7.35. The third kappa shape index (κ3) is 2.21. The van der Waals surface area contributed by atoms with E-state index in [-0.39, 0.29) is 22.8 Å². The molecule has 130 valence electrons. The van der Waals surface area contributed by atoms with Gasteiger partial charge in [0, 0.05) is 15.7 Å². The van der Waals surface area contributed by atoms with Crippen molar-refractivity contribution in [3.8, 4) is 0 Å². The second-order valence-corrected chi connectivity index (χ2v) is 6.63. The predicted molar refractivity (Wildman–Crippen MR) is 92.1 cm³/mol. The highest BCUT2D eigenvalue weighted by atomic mass is 79.9. The lowest BCUT2D eigenvalue weighted by Gasteiger charge is -2.35. The maximum atomic E-state index is 13.1. The number of carbonyl (C=O) groups excluding carboxylic acids is 3. The lowest BCUT2D eigenvalue weighted by Crippen LogP contribution is -2.47. The van der Waals surface area contributed by atoms with Crippen LogP contribution < -0.4 is 11.1 Å². The van der Waals surface area contributed by atoms with E-state index in [2.05, 4.69) is 21.2 Å². The molecule has 1 spiro atoms. The molecule has 0 fully saturated rings. The monoisotopic (exact) mass is 406 g/mol. The standard InChI is InChI=1S/C17H15BrN2O5/c1-7(21)12-8(2)25-14(19)13(15(22)24-3)17(12)10-6-9(18)4-5-11(10)20-16(17)23/h4-6H,19H2,1-3H3,(H,20,23)/t17-/m1/s1. The zero-order valence-corrected chi connectivity index (χ0v) is 15.3. The van der Waals surface area contributed by atoms with E-state index in [0.717, 1.165) is 0 Å². The first-order valence-corrected chi connectivity index (χ1v) is 8.14. The van der Waals surface area contributed by atoms with Crippen LogP contribution >= 0.6 is 15.9 Å². The fourth-order valence-corrected chi connectivity index (χ4v) is 3.84. The van der Waals surface area contributed by atoms with Crippen LogP contribution in [0, 0.1) is 0 Å². The van der Waals surface area contributed by atoms with Crippen LogP contribution in [0.5, 0.6) is 0 Å². The molecule has 0 unspecified atom stereocenters. The summed E-state index contributed by atoms with van der Waals surface area (Å²) in [5.41, 5.74) is 4.98. The first-order chi connectivity index (χ1) is 11.7. The molecule has 3 rings (SSSR count). The number of esters is 1. The highest BCUT2D eigenvalue weighted by Gasteiger charge is 2.60. The average molecular weight is 407 g/mol. The molecule has 25 heavy (non-hydrogen) atoms. The van der Waals surface area contributed by atoms with Gasteiger partial charge in [-0.3, -0.25) is 9.59 Å². The molecule has 1 aromatic rings. The number of amides is 1. The quantitative estimate of drug-likeness (QED) is 0.725. The summed E-state index contributed by atoms with van der Waals surface area (Å²) in [7, 11) is 1.17. The van der Waals surface area contributed by atoms with Gasteiger partial charge in [-0.05, 0) is 32.0 Å². The second-order valence-electron chi connectivity index (χ2n) is 5.71. The van der Waals surface area contributed by atoms with Gasteiger partial charge in [0.2, 0.25) is 11.8 Å². The molecule has 1 atom stereocenters. The third-order valence-corrected chi connectivity index (χ3v) is 4.82. The molecule has 1 aromatic carbocycles. The van der Waals surface area contributed by atoms with E-state index in [1.807, 2.05) is 0 Å². The predicted octanol–water partition coefficient (Wildman–Crippen LogP) is 1.88. The lowest BCUT2D eigenvalue weighted by molar-refractivity contribution is -0.138. The Morgan fingerprint density at radius 3 is 2.60 bits per heavy atom. The van der Waals surface area contributed by atoms with Gasteiger partial charge >= 0.3 is 5.97 Å². The minimum atomic E-state index is -1.72. The molecule has 0 aliphatic carbocycles. The topological polar surface area (TPSA) is 108 Å². The number of hydrogen-bond acceptors (Lipinski definition) is 6. The molecule has 0 bridgehead atoms. The van der Waals surface area contributed by atoms with Crippen LogP contribution in [0.4, 0.5) is 5.69 Å². The van der Waals surface area contributed by atoms with Crippen molar-refractivity contribution in [3.05, 3.63) is 51.0 Å². The average Bonchev–Trinajstić information content (AvgIpc) is 2.79. The van der Waals surface area contributed by atoms with Crippen molar-refractivity contribution in [1.29, 1.82) is 0 Å². The molecule has 2 aliphatic heterocycles. The van der Waals surface area contributed by atoms with Gasteiger partial charge in [-0.1, -0.05) is 15.9 Å². The number of anilines is 1. The molecular formula is C17H15BrN2O5. The van der Waals surface area contributed by atoms with Crippen LogP contribution in [0.3, 0.4) is 0 Å². The van der Waals surface area contributed by atoms with Gasteiger partial charge in [-0.25, -0.2) is 4.79 Å². The molecule has 2 heterocycles. The Balaban J connectivity index is 2.48. The van der Waals surface area contributed by atoms with Crippen molar-refractivity contribution >= 4 is 39.3 Å². The number of rotatable bonds is 2. The molecule has 2 aliphatic rings. The fraction of sp³-hybridized carbons (Fsp3) is 0.235. The smallest absolute Gasteiger partial charge is 0.340 e. The van der Waals surface area contributed by atoms with Crippen LogP contribution in [-0.4, -0.2) is 24.8 Å². The van der Waals surface area contributed by atoms with Crippen LogP contribution in [0.25, 0.3) is 0 Å². The molecule has 8 heteroatoms. The van der Waals surface area contributed by atoms with Crippen molar-refractivity contribution in [2.24, 2.45) is 5.73 Å². The number of halogens is 1. The van der Waals surface area contributed by atoms with Gasteiger partial charge in [0.25, 0.3) is 0 Å². The van der Waals surface area contributed by atoms with E-state index in [0.29, 0.717) is 15.7 Å². The Labute approximate surface area is 152 Å². The van der Waals surface area contributed by atoms with Crippen molar-refractivity contribution < 1.29 is 23.9 Å². The van der Waals surface area contributed by atoms with Crippen LogP contribution in [0.15, 0.2) is 45.5 Å². The largest absolute Gasteiger partial charge is 0.465 e. The Morgan fingerprint density at radius 1 is 1.32 bits per heavy atom. The number of benzene rings is 1. The molecule has 0 saturated heterocycles. The molecule has 7 nitrogen and oxygen atoms in total. The fourth-order valence-electron chi connectivity index (χ4n) is 3.48. The number of fused-ring (bicyclic) bond motifs is 2. The number of ketones is 1. The van der Waals surface area contributed by atoms with Crippen LogP contribution in [0.2, 0.25) is 0 Å². The molecule has 3 N–H and O–H groups in total. The van der Waals surface area contributed by atoms with Crippen molar-refractivity contribution in [2.75, 3.05) is 12.4 Å². The number of allylic oxidation sites excluding steroid dienone is 1. The Bertz CT molecular complexity index is 902. The van der Waals surface area contributed by atoms with Crippen molar-refractivity contribution in [2.45, 2.75) is 19.3 Å². The van der Waals surface area contributed by atoms with E-state index in [4.69, 9.17) is 15.2 Å². The number of nitrogens with two attached hydrogens (primary N) is 1. The number of ether oxygens (including phenoxy) is 2. The number of carbonyl (C=O) groups is 3. The van der Waals surface area contributed by atoms with E-state index < -0.39 is 23.1 Å². The molecule has 1 amide bonds. The lowest BCUT2D eigenvalue weighted by atomic mass is 9.67. The zero-order chi connectivity index (χ0) is 18.5. The summed E-state index contributed by atoms with van der Waals surface area (Å²) in [6.07, 6.45) is 0. The van der Waals surface area contributed by atoms with Gasteiger partial charge in [0.1, 0.15) is 16.7 Å². The van der Waals surface area contributed by atoms with E-state index in [1.54, 1.807) is 18.2 Å². The normalized spacial score (nSPS) is 21.8. The van der Waals surface area contributed by atoms with Crippen molar-refractivity contribution in [3.63, 3.8) is 0 Å². The molecule has 0 radical (unpaired) electrons. The third-order valence-electron chi connectivity index (χ3n) is 4.33. The van der Waals surface area contributed by atoms with Crippen LogP contribution in [0.1, 0.15) is 19.4 Å². The highest BCUT2D eigenvalue weighted by molar-refractivity contribution is 9.10. The summed E-state index contributed by atoms with van der Waals surface area (Å²) >= 11 is 3.36. The second kappa shape index (κ2) is 5.73. The van der Waals surface area contributed by atoms with Gasteiger partial charge in [0.05, 0.1) is 12.7 Å². The van der Waals surface area contributed by atoms with Crippen LogP contribution in [-0.2, 0) is 29.3 Å². The summed E-state index contributed by atoms with van der Waals surface area (Å²) in [6.45, 7) is 2.84. The maximum Gasteiger partial charge on any atom is 0.340 e. The Hall–Kier alpha value is -2.61. The SMILES string of the molecule is COC(=O)C1=C(N)OC(C)=C(C(C)=O)[C@@]12C(=O)Nc1ccc(Br)cc12. The van der Waals surface area contributed by atoms with Gasteiger partial charge < -0.3 is 20.5 Å². The number of Topliss-reactive ketones (excluding diaryl/α,β-unsaturated/α-hetero) is 1. The summed E-state index contributed by atoms with van der Waals surface area (Å²) in [5.74, 6) is -1.91. The summed E-state index contributed by atoms with van der Waals surface area (Å²) in [5, 5.41) is 2.72. The molecule has 0 aromatic heterocycles. The van der Waals surface area contributed by atoms with Gasteiger partial charge in [-0.2, -0.15) is 0 Å². The minimum absolute atomic E-state index is 0.0523. The highest BCUT2D eigenvalue weighted by Crippen LogP contribution is 2.52. The maximum absolute atomic E-state index is 13.1. The first kappa shape index (κ1) is 17.2. The van der Waals surface area contributed by atoms with E-state index in [9.17, 15) is 14.4 Å². The van der Waals surface area contributed by atoms with Gasteiger partial charge in [-0.15, -0.1) is 0 Å². The van der Waals surface area contributed by atoms with E-state index >= 15 is 0 Å². The molecular weight excluding hydrogens is 392 g/mol. The zero-order valence-electron chi connectivity index (χ0n) is 13.7. The van der Waals surface area contributed by atoms with Gasteiger partial charge in [0.15, 0.2) is 5.78 Å². The summed E-state index contributed by atoms with van der Waals surface area (Å²) in [6, 6.07) is 5.09.